The number of ether oxygens (including phenoxy) is 1. The molecule has 1 heterocycles. The second-order valence-electron chi connectivity index (χ2n) is 5.82. The number of nitrogens with zero attached hydrogens (tertiary/aromatic N) is 1. The van der Waals surface area contributed by atoms with Gasteiger partial charge in [-0.1, -0.05) is 36.4 Å². The van der Waals surface area contributed by atoms with Crippen molar-refractivity contribution < 1.29 is 14.3 Å². The van der Waals surface area contributed by atoms with Gasteiger partial charge in [-0.25, -0.2) is 0 Å². The maximum Gasteiger partial charge on any atom is 0.286 e. The van der Waals surface area contributed by atoms with Crippen molar-refractivity contribution in [3.63, 3.8) is 0 Å². The SMILES string of the molecule is CCn1c(C(=O)NNC(=O)Cc2ccccc2OC)cc2ccccc21. The molecule has 26 heavy (non-hydrogen) atoms. The Morgan fingerprint density at radius 1 is 1.04 bits per heavy atom. The fourth-order valence-electron chi connectivity index (χ4n) is 3.00. The highest BCUT2D eigenvalue weighted by Crippen LogP contribution is 2.20. The van der Waals surface area contributed by atoms with Crippen LogP contribution in [0.1, 0.15) is 23.0 Å². The van der Waals surface area contributed by atoms with Gasteiger partial charge in [-0.3, -0.25) is 20.4 Å². The van der Waals surface area contributed by atoms with Gasteiger partial charge >= 0.3 is 0 Å². The number of methoxy groups -OCH3 is 1. The van der Waals surface area contributed by atoms with E-state index in [-0.39, 0.29) is 18.2 Å². The van der Waals surface area contributed by atoms with Gasteiger partial charge in [-0.2, -0.15) is 0 Å². The van der Waals surface area contributed by atoms with Crippen molar-refractivity contribution in [1.29, 1.82) is 0 Å². The summed E-state index contributed by atoms with van der Waals surface area (Å²) in [5, 5.41) is 0.986. The van der Waals surface area contributed by atoms with E-state index in [2.05, 4.69) is 10.9 Å². The number of hydrogen-bond donors (Lipinski definition) is 2. The maximum atomic E-state index is 12.5. The summed E-state index contributed by atoms with van der Waals surface area (Å²) in [4.78, 5) is 24.7. The Morgan fingerprint density at radius 3 is 2.54 bits per heavy atom. The van der Waals surface area contributed by atoms with Crippen molar-refractivity contribution in [2.75, 3.05) is 7.11 Å². The normalized spacial score (nSPS) is 10.5. The van der Waals surface area contributed by atoms with Crippen LogP contribution < -0.4 is 15.6 Å². The Hall–Kier alpha value is -3.28. The van der Waals surface area contributed by atoms with Gasteiger partial charge in [0.1, 0.15) is 11.4 Å². The summed E-state index contributed by atoms with van der Waals surface area (Å²) in [7, 11) is 1.56. The van der Waals surface area contributed by atoms with Gasteiger partial charge in [0.05, 0.1) is 13.5 Å². The average Bonchev–Trinajstić information content (AvgIpc) is 3.05. The van der Waals surface area contributed by atoms with E-state index in [1.165, 1.54) is 0 Å². The van der Waals surface area contributed by atoms with E-state index in [1.807, 2.05) is 60.0 Å². The van der Waals surface area contributed by atoms with Crippen LogP contribution in [0.4, 0.5) is 0 Å². The van der Waals surface area contributed by atoms with Crippen LogP contribution in [0.15, 0.2) is 54.6 Å². The highest BCUT2D eigenvalue weighted by molar-refractivity contribution is 5.99. The zero-order valence-electron chi connectivity index (χ0n) is 14.8. The predicted molar refractivity (Wildman–Crippen MR) is 99.9 cm³/mol. The Labute approximate surface area is 151 Å². The minimum absolute atomic E-state index is 0.112. The molecule has 6 nitrogen and oxygen atoms in total. The summed E-state index contributed by atoms with van der Waals surface area (Å²) in [5.74, 6) is -0.0291. The van der Waals surface area contributed by atoms with Crippen LogP contribution in [0.2, 0.25) is 0 Å². The third-order valence-corrected chi connectivity index (χ3v) is 4.22. The number of carbonyl (C=O) groups is 2. The van der Waals surface area contributed by atoms with Crippen LogP contribution >= 0.6 is 0 Å². The number of hydrogen-bond acceptors (Lipinski definition) is 3. The van der Waals surface area contributed by atoms with Gasteiger partial charge in [0.2, 0.25) is 5.91 Å². The fourth-order valence-corrected chi connectivity index (χ4v) is 3.00. The quantitative estimate of drug-likeness (QED) is 0.694. The van der Waals surface area contributed by atoms with Crippen molar-refractivity contribution in [1.82, 2.24) is 15.4 Å². The minimum atomic E-state index is -0.351. The summed E-state index contributed by atoms with van der Waals surface area (Å²) in [6.07, 6.45) is 0.112. The van der Waals surface area contributed by atoms with Crippen molar-refractivity contribution >= 4 is 22.7 Å². The van der Waals surface area contributed by atoms with E-state index < -0.39 is 0 Å². The average molecular weight is 351 g/mol. The second-order valence-corrected chi connectivity index (χ2v) is 5.82. The van der Waals surface area contributed by atoms with E-state index in [9.17, 15) is 9.59 Å². The predicted octanol–water partition coefficient (Wildman–Crippen LogP) is 2.67. The molecule has 0 bridgehead atoms. The Balaban J connectivity index is 1.68. The number of amides is 2. The Morgan fingerprint density at radius 2 is 1.77 bits per heavy atom. The van der Waals surface area contributed by atoms with Crippen molar-refractivity contribution in [2.45, 2.75) is 19.9 Å². The van der Waals surface area contributed by atoms with Crippen LogP contribution in [0.3, 0.4) is 0 Å². The van der Waals surface area contributed by atoms with Crippen molar-refractivity contribution in [3.05, 3.63) is 65.9 Å². The van der Waals surface area contributed by atoms with Gasteiger partial charge < -0.3 is 9.30 Å². The Kier molecular flexibility index (Phi) is 5.22. The first kappa shape index (κ1) is 17.5. The van der Waals surface area contributed by atoms with Crippen molar-refractivity contribution in [3.8, 4) is 5.75 Å². The number of carbonyl (C=O) groups excluding carboxylic acids is 2. The van der Waals surface area contributed by atoms with Gasteiger partial charge in [0, 0.05) is 23.0 Å². The molecule has 0 atom stereocenters. The molecule has 0 aliphatic rings. The van der Waals surface area contributed by atoms with E-state index in [0.29, 0.717) is 18.0 Å². The molecule has 0 radical (unpaired) electrons. The smallest absolute Gasteiger partial charge is 0.286 e. The molecule has 0 saturated carbocycles. The number of fused-ring (bicyclic) bond motifs is 1. The van der Waals surface area contributed by atoms with Crippen molar-refractivity contribution in [2.24, 2.45) is 0 Å². The molecule has 6 heteroatoms. The maximum absolute atomic E-state index is 12.5. The topological polar surface area (TPSA) is 72.4 Å². The monoisotopic (exact) mass is 351 g/mol. The van der Waals surface area contributed by atoms with Crippen LogP contribution in [-0.2, 0) is 17.8 Å². The molecule has 0 fully saturated rings. The molecular weight excluding hydrogens is 330 g/mol. The number of aromatic nitrogens is 1. The van der Waals surface area contributed by atoms with E-state index >= 15 is 0 Å². The molecule has 0 aliphatic carbocycles. The zero-order chi connectivity index (χ0) is 18.5. The van der Waals surface area contributed by atoms with Crippen LogP contribution in [0, 0.1) is 0 Å². The highest BCUT2D eigenvalue weighted by Gasteiger charge is 2.15. The summed E-state index contributed by atoms with van der Waals surface area (Å²) in [5.41, 5.74) is 7.21. The molecule has 0 aliphatic heterocycles. The van der Waals surface area contributed by atoms with Crippen LogP contribution in [0.25, 0.3) is 10.9 Å². The number of aryl methyl sites for hydroxylation is 1. The van der Waals surface area contributed by atoms with E-state index in [4.69, 9.17) is 4.74 Å². The lowest BCUT2D eigenvalue weighted by atomic mass is 10.1. The zero-order valence-corrected chi connectivity index (χ0v) is 14.8. The summed E-state index contributed by atoms with van der Waals surface area (Å²) in [6, 6.07) is 16.9. The third kappa shape index (κ3) is 3.54. The lowest BCUT2D eigenvalue weighted by Gasteiger charge is -2.11. The number of benzene rings is 2. The Bertz CT molecular complexity index is 946. The molecule has 3 rings (SSSR count). The molecule has 134 valence electrons. The lowest BCUT2D eigenvalue weighted by Crippen LogP contribution is -2.43. The summed E-state index contributed by atoms with van der Waals surface area (Å²) < 4.78 is 7.15. The molecule has 2 amide bonds. The lowest BCUT2D eigenvalue weighted by molar-refractivity contribution is -0.121. The highest BCUT2D eigenvalue weighted by atomic mass is 16.5. The molecule has 2 aromatic carbocycles. The fraction of sp³-hybridized carbons (Fsp3) is 0.200. The molecule has 0 spiro atoms. The third-order valence-electron chi connectivity index (χ3n) is 4.22. The first-order chi connectivity index (χ1) is 12.6. The van der Waals surface area contributed by atoms with Gasteiger partial charge in [0.25, 0.3) is 5.91 Å². The van der Waals surface area contributed by atoms with Gasteiger partial charge in [0.15, 0.2) is 0 Å². The molecule has 3 aromatic rings. The standard InChI is InChI=1S/C20H21N3O3/c1-3-23-16-10-6-4-8-14(16)12-17(23)20(25)22-21-19(24)13-15-9-5-7-11-18(15)26-2/h4-12H,3,13H2,1-2H3,(H,21,24)(H,22,25). The van der Waals surface area contributed by atoms with Gasteiger partial charge in [-0.05, 0) is 25.1 Å². The number of rotatable bonds is 5. The molecule has 0 saturated heterocycles. The number of nitrogens with one attached hydrogen (secondary N) is 2. The number of hydrazine groups is 1. The summed E-state index contributed by atoms with van der Waals surface area (Å²) >= 11 is 0. The molecule has 1 aromatic heterocycles. The van der Waals surface area contributed by atoms with Crippen LogP contribution in [-0.4, -0.2) is 23.5 Å². The minimum Gasteiger partial charge on any atom is -0.496 e. The van der Waals surface area contributed by atoms with E-state index in [0.717, 1.165) is 16.5 Å². The molecule has 2 N–H and O–H groups in total. The molecule has 0 unspecified atom stereocenters. The van der Waals surface area contributed by atoms with E-state index in [1.54, 1.807) is 13.2 Å². The number of para-hydroxylation sites is 2. The summed E-state index contributed by atoms with van der Waals surface area (Å²) in [6.45, 7) is 2.63. The first-order valence-corrected chi connectivity index (χ1v) is 8.43. The van der Waals surface area contributed by atoms with Gasteiger partial charge in [-0.15, -0.1) is 0 Å². The van der Waals surface area contributed by atoms with Crippen LogP contribution in [0.5, 0.6) is 5.75 Å². The second kappa shape index (κ2) is 7.74. The largest absolute Gasteiger partial charge is 0.496 e. The first-order valence-electron chi connectivity index (χ1n) is 8.43. The molecular formula is C20H21N3O3.